The van der Waals surface area contributed by atoms with Gasteiger partial charge in [0, 0.05) is 11.6 Å². The SMILES string of the molecule is Cc1onc(-c2ccccc2)c1COc1ccc(N)cn1. The second kappa shape index (κ2) is 5.66. The first kappa shape index (κ1) is 13.2. The molecule has 3 aromatic rings. The number of ether oxygens (including phenoxy) is 1. The summed E-state index contributed by atoms with van der Waals surface area (Å²) in [6.45, 7) is 2.21. The largest absolute Gasteiger partial charge is 0.473 e. The molecule has 0 spiro atoms. The van der Waals surface area contributed by atoms with E-state index in [0.29, 0.717) is 18.2 Å². The van der Waals surface area contributed by atoms with Crippen molar-refractivity contribution in [1.82, 2.24) is 10.1 Å². The first-order chi connectivity index (χ1) is 10.2. The molecule has 106 valence electrons. The van der Waals surface area contributed by atoms with Crippen LogP contribution >= 0.6 is 0 Å². The minimum absolute atomic E-state index is 0.344. The molecule has 2 aromatic heterocycles. The number of anilines is 1. The van der Waals surface area contributed by atoms with E-state index < -0.39 is 0 Å². The van der Waals surface area contributed by atoms with Crippen LogP contribution in [0.25, 0.3) is 11.3 Å². The summed E-state index contributed by atoms with van der Waals surface area (Å²) >= 11 is 0. The van der Waals surface area contributed by atoms with Crippen LogP contribution in [0.3, 0.4) is 0 Å². The maximum Gasteiger partial charge on any atom is 0.213 e. The predicted octanol–water partition coefficient (Wildman–Crippen LogP) is 3.21. The van der Waals surface area contributed by atoms with Gasteiger partial charge in [0.25, 0.3) is 0 Å². The highest BCUT2D eigenvalue weighted by atomic mass is 16.5. The smallest absolute Gasteiger partial charge is 0.213 e. The van der Waals surface area contributed by atoms with Crippen LogP contribution in [0, 0.1) is 6.92 Å². The van der Waals surface area contributed by atoms with Gasteiger partial charge in [-0.2, -0.15) is 0 Å². The van der Waals surface area contributed by atoms with E-state index in [-0.39, 0.29) is 0 Å². The van der Waals surface area contributed by atoms with Crippen LogP contribution in [0.4, 0.5) is 5.69 Å². The minimum Gasteiger partial charge on any atom is -0.473 e. The molecule has 5 heteroatoms. The number of hydrogen-bond acceptors (Lipinski definition) is 5. The molecule has 0 aliphatic heterocycles. The molecular formula is C16H15N3O2. The Bertz CT molecular complexity index is 721. The maximum absolute atomic E-state index is 5.68. The Hall–Kier alpha value is -2.82. The summed E-state index contributed by atoms with van der Waals surface area (Å²) in [5.41, 5.74) is 8.91. The number of benzene rings is 1. The van der Waals surface area contributed by atoms with Gasteiger partial charge < -0.3 is 15.0 Å². The van der Waals surface area contributed by atoms with E-state index in [9.17, 15) is 0 Å². The zero-order valence-electron chi connectivity index (χ0n) is 11.6. The minimum atomic E-state index is 0.344. The number of nitrogens with zero attached hydrogens (tertiary/aromatic N) is 2. The Morgan fingerprint density at radius 3 is 2.67 bits per heavy atom. The van der Waals surface area contributed by atoms with Crippen molar-refractivity contribution < 1.29 is 9.26 Å². The third kappa shape index (κ3) is 2.86. The van der Waals surface area contributed by atoms with E-state index in [1.165, 1.54) is 0 Å². The lowest BCUT2D eigenvalue weighted by atomic mass is 10.1. The average Bonchev–Trinajstić information content (AvgIpc) is 2.89. The van der Waals surface area contributed by atoms with Gasteiger partial charge >= 0.3 is 0 Å². The van der Waals surface area contributed by atoms with Crippen molar-refractivity contribution in [2.24, 2.45) is 0 Å². The Morgan fingerprint density at radius 1 is 1.14 bits per heavy atom. The topological polar surface area (TPSA) is 74.2 Å². The molecule has 0 saturated carbocycles. The van der Waals surface area contributed by atoms with Crippen molar-refractivity contribution in [2.45, 2.75) is 13.5 Å². The summed E-state index contributed by atoms with van der Waals surface area (Å²) in [5.74, 6) is 1.26. The summed E-state index contributed by atoms with van der Waals surface area (Å²) < 4.78 is 11.0. The normalized spacial score (nSPS) is 10.5. The van der Waals surface area contributed by atoms with Gasteiger partial charge in [-0.05, 0) is 13.0 Å². The zero-order chi connectivity index (χ0) is 14.7. The van der Waals surface area contributed by atoms with Crippen molar-refractivity contribution in [2.75, 3.05) is 5.73 Å². The van der Waals surface area contributed by atoms with Gasteiger partial charge in [0.15, 0.2) is 0 Å². The molecule has 0 unspecified atom stereocenters. The van der Waals surface area contributed by atoms with Gasteiger partial charge in [-0.3, -0.25) is 0 Å². The number of nitrogens with two attached hydrogens (primary N) is 1. The van der Waals surface area contributed by atoms with Crippen LogP contribution in [-0.2, 0) is 6.61 Å². The van der Waals surface area contributed by atoms with Crippen LogP contribution in [-0.4, -0.2) is 10.1 Å². The van der Waals surface area contributed by atoms with Gasteiger partial charge in [-0.25, -0.2) is 4.98 Å². The van der Waals surface area contributed by atoms with Crippen molar-refractivity contribution in [3.05, 3.63) is 60.0 Å². The molecule has 0 atom stereocenters. The Balaban J connectivity index is 1.82. The first-order valence-electron chi connectivity index (χ1n) is 6.59. The van der Waals surface area contributed by atoms with Crippen molar-refractivity contribution >= 4 is 5.69 Å². The van der Waals surface area contributed by atoms with Crippen LogP contribution in [0.2, 0.25) is 0 Å². The van der Waals surface area contributed by atoms with Crippen molar-refractivity contribution in [3.63, 3.8) is 0 Å². The molecule has 0 aliphatic carbocycles. The van der Waals surface area contributed by atoms with Crippen LogP contribution < -0.4 is 10.5 Å². The Kier molecular flexibility index (Phi) is 3.55. The number of hydrogen-bond donors (Lipinski definition) is 1. The summed E-state index contributed by atoms with van der Waals surface area (Å²) in [7, 11) is 0. The van der Waals surface area contributed by atoms with Crippen molar-refractivity contribution in [1.29, 1.82) is 0 Å². The first-order valence-corrected chi connectivity index (χ1v) is 6.59. The van der Waals surface area contributed by atoms with E-state index in [4.69, 9.17) is 15.0 Å². The lowest BCUT2D eigenvalue weighted by Crippen LogP contribution is -1.99. The van der Waals surface area contributed by atoms with Gasteiger partial charge in [0.05, 0.1) is 17.4 Å². The van der Waals surface area contributed by atoms with Crippen LogP contribution in [0.1, 0.15) is 11.3 Å². The molecule has 3 rings (SSSR count). The summed E-state index contributed by atoms with van der Waals surface area (Å²) in [6.07, 6.45) is 1.56. The van der Waals surface area contributed by atoms with Gasteiger partial charge in [-0.15, -0.1) is 0 Å². The van der Waals surface area contributed by atoms with Gasteiger partial charge in [0.2, 0.25) is 5.88 Å². The molecule has 1 aromatic carbocycles. The maximum atomic E-state index is 5.68. The van der Waals surface area contributed by atoms with Crippen LogP contribution in [0.15, 0.2) is 53.2 Å². The predicted molar refractivity (Wildman–Crippen MR) is 79.7 cm³/mol. The number of pyridine rings is 1. The van der Waals surface area contributed by atoms with E-state index in [0.717, 1.165) is 22.6 Å². The summed E-state index contributed by atoms with van der Waals surface area (Å²) in [5, 5.41) is 4.12. The van der Waals surface area contributed by atoms with Gasteiger partial charge in [-0.1, -0.05) is 35.5 Å². The molecule has 0 aliphatic rings. The standard InChI is InChI=1S/C16H15N3O2/c1-11-14(10-20-15-8-7-13(17)9-18-15)16(19-21-11)12-5-3-2-4-6-12/h2-9H,10,17H2,1H3. The van der Waals surface area contributed by atoms with Gasteiger partial charge in [0.1, 0.15) is 18.1 Å². The summed E-state index contributed by atoms with van der Waals surface area (Å²) in [4.78, 5) is 4.11. The molecule has 0 radical (unpaired) electrons. The fourth-order valence-corrected chi connectivity index (χ4v) is 2.01. The highest BCUT2D eigenvalue weighted by molar-refractivity contribution is 5.63. The number of aryl methyl sites for hydroxylation is 1. The molecule has 0 amide bonds. The lowest BCUT2D eigenvalue weighted by Gasteiger charge is -2.06. The van der Waals surface area contributed by atoms with E-state index in [2.05, 4.69) is 10.1 Å². The number of aromatic nitrogens is 2. The third-order valence-corrected chi connectivity index (χ3v) is 3.16. The number of nitrogen functional groups attached to an aromatic ring is 1. The summed E-state index contributed by atoms with van der Waals surface area (Å²) in [6, 6.07) is 13.4. The quantitative estimate of drug-likeness (QED) is 0.794. The number of rotatable bonds is 4. The monoisotopic (exact) mass is 281 g/mol. The fraction of sp³-hybridized carbons (Fsp3) is 0.125. The highest BCUT2D eigenvalue weighted by Gasteiger charge is 2.15. The second-order valence-corrected chi connectivity index (χ2v) is 4.65. The Labute approximate surface area is 122 Å². The lowest BCUT2D eigenvalue weighted by molar-refractivity contribution is 0.290. The molecule has 2 N–H and O–H groups in total. The molecule has 5 nitrogen and oxygen atoms in total. The molecule has 0 bridgehead atoms. The highest BCUT2D eigenvalue weighted by Crippen LogP contribution is 2.26. The van der Waals surface area contributed by atoms with E-state index in [1.807, 2.05) is 37.3 Å². The average molecular weight is 281 g/mol. The molecule has 0 fully saturated rings. The van der Waals surface area contributed by atoms with E-state index in [1.54, 1.807) is 18.3 Å². The Morgan fingerprint density at radius 2 is 1.95 bits per heavy atom. The third-order valence-electron chi connectivity index (χ3n) is 3.16. The molecule has 0 saturated heterocycles. The van der Waals surface area contributed by atoms with E-state index >= 15 is 0 Å². The molecular weight excluding hydrogens is 266 g/mol. The van der Waals surface area contributed by atoms with Crippen molar-refractivity contribution in [3.8, 4) is 17.1 Å². The zero-order valence-corrected chi connectivity index (χ0v) is 11.6. The van der Waals surface area contributed by atoms with Crippen LogP contribution in [0.5, 0.6) is 5.88 Å². The fourth-order valence-electron chi connectivity index (χ4n) is 2.01. The molecule has 2 heterocycles. The second-order valence-electron chi connectivity index (χ2n) is 4.65. The molecule has 21 heavy (non-hydrogen) atoms.